The Labute approximate surface area is 301 Å². The van der Waals surface area contributed by atoms with Crippen molar-refractivity contribution in [3.63, 3.8) is 0 Å². The number of rotatable bonds is 4. The molecule has 248 valence electrons. The first-order chi connectivity index (χ1) is 24.9. The molecule has 2 heterocycles. The second kappa shape index (κ2) is 11.9. The first-order valence-corrected chi connectivity index (χ1v) is 19.8. The van der Waals surface area contributed by atoms with E-state index in [1.807, 2.05) is 18.2 Å². The minimum atomic E-state index is -3.42. The number of ether oxygens (including phenoxy) is 1. The first kappa shape index (κ1) is 31.8. The van der Waals surface area contributed by atoms with Crippen LogP contribution in [0.2, 0.25) is 0 Å². The summed E-state index contributed by atoms with van der Waals surface area (Å²) in [5.74, 6) is 1.73. The van der Waals surface area contributed by atoms with Crippen LogP contribution in [0, 0.1) is 27.7 Å². The zero-order valence-corrected chi connectivity index (χ0v) is 30.4. The van der Waals surface area contributed by atoms with Crippen molar-refractivity contribution < 1.29 is 9.63 Å². The van der Waals surface area contributed by atoms with Gasteiger partial charge in [-0.3, -0.25) is 0 Å². The maximum absolute atomic E-state index is 13.3. The normalized spacial score (nSPS) is 17.0. The molecule has 51 heavy (non-hydrogen) atoms. The standard InChI is InChI=1S/C47H40BO2P/c1-31-17-14-18-32(2)44(31)48(45-33(3)19-15-20-34(45)4)40-27-16-26-39-46(40)50-41-28-11-8-23-36(41)47(39)37-24-9-12-29-42(37)51(49,35-21-6-5-7-22-35)43-30-13-10-25-38(43)47/h5-30,49,51H,1-4H3. The summed E-state index contributed by atoms with van der Waals surface area (Å²) in [5, 5.41) is 3.02. The van der Waals surface area contributed by atoms with Crippen molar-refractivity contribution in [2.24, 2.45) is 0 Å². The third kappa shape index (κ3) is 4.45. The topological polar surface area (TPSA) is 29.5 Å². The van der Waals surface area contributed by atoms with Gasteiger partial charge in [0.1, 0.15) is 0 Å². The van der Waals surface area contributed by atoms with Gasteiger partial charge in [-0.05, 0) is 0 Å². The van der Waals surface area contributed by atoms with Crippen LogP contribution in [0.1, 0.15) is 44.5 Å². The first-order valence-electron chi connectivity index (χ1n) is 17.9. The summed E-state index contributed by atoms with van der Waals surface area (Å²) >= 11 is 0. The van der Waals surface area contributed by atoms with Gasteiger partial charge in [0.05, 0.1) is 0 Å². The van der Waals surface area contributed by atoms with Crippen molar-refractivity contribution in [2.45, 2.75) is 33.1 Å². The molecule has 2 aliphatic rings. The van der Waals surface area contributed by atoms with E-state index in [9.17, 15) is 4.89 Å². The van der Waals surface area contributed by atoms with Gasteiger partial charge < -0.3 is 0 Å². The van der Waals surface area contributed by atoms with E-state index in [1.165, 1.54) is 33.2 Å². The SMILES string of the molecule is Cc1cccc(C)c1B(c1cccc2c1Oc1ccccc1C21c2ccccc2[PH](O)(c2ccccc2)c2ccccc21)c1c(C)cccc1C. The number of para-hydroxylation sites is 2. The van der Waals surface area contributed by atoms with E-state index >= 15 is 0 Å². The van der Waals surface area contributed by atoms with E-state index in [0.29, 0.717) is 0 Å². The van der Waals surface area contributed by atoms with E-state index in [4.69, 9.17) is 4.74 Å². The summed E-state index contributed by atoms with van der Waals surface area (Å²) < 4.78 is 7.24. The summed E-state index contributed by atoms with van der Waals surface area (Å²) in [4.78, 5) is 13.3. The molecule has 0 unspecified atom stereocenters. The van der Waals surface area contributed by atoms with Crippen LogP contribution in [-0.2, 0) is 5.41 Å². The van der Waals surface area contributed by atoms with Gasteiger partial charge in [0.15, 0.2) is 0 Å². The van der Waals surface area contributed by atoms with Gasteiger partial charge in [0, 0.05) is 0 Å². The number of hydrogen-bond acceptors (Lipinski definition) is 2. The summed E-state index contributed by atoms with van der Waals surface area (Å²) in [6.45, 7) is 8.88. The monoisotopic (exact) mass is 678 g/mol. The fourth-order valence-electron chi connectivity index (χ4n) is 9.44. The molecular formula is C47H40BO2P. The third-order valence-corrected chi connectivity index (χ3v) is 15.2. The fraction of sp³-hybridized carbons (Fsp3) is 0.106. The van der Waals surface area contributed by atoms with Crippen molar-refractivity contribution in [1.29, 1.82) is 0 Å². The van der Waals surface area contributed by atoms with Crippen LogP contribution in [0.5, 0.6) is 11.5 Å². The van der Waals surface area contributed by atoms with Crippen LogP contribution in [0.15, 0.2) is 158 Å². The average molecular weight is 679 g/mol. The Morgan fingerprint density at radius 2 is 0.922 bits per heavy atom. The summed E-state index contributed by atoms with van der Waals surface area (Å²) in [7, 11) is -3.42. The van der Waals surface area contributed by atoms with Crippen molar-refractivity contribution in [3.8, 4) is 11.5 Å². The summed E-state index contributed by atoms with van der Waals surface area (Å²) in [6.07, 6.45) is 0. The Balaban J connectivity index is 1.43. The number of benzene rings is 7. The molecule has 7 aromatic carbocycles. The quantitative estimate of drug-likeness (QED) is 0.158. The Kier molecular flexibility index (Phi) is 7.44. The Morgan fingerprint density at radius 3 is 1.49 bits per heavy atom. The number of hydrogen-bond donors (Lipinski definition) is 1. The van der Waals surface area contributed by atoms with Crippen molar-refractivity contribution in [1.82, 2.24) is 0 Å². The molecule has 1 N–H and O–H groups in total. The molecule has 0 fully saturated rings. The molecule has 2 aliphatic heterocycles. The van der Waals surface area contributed by atoms with Crippen molar-refractivity contribution >= 4 is 46.5 Å². The number of aryl methyl sites for hydroxylation is 4. The van der Waals surface area contributed by atoms with E-state index in [1.54, 1.807) is 0 Å². The molecule has 0 amide bonds. The predicted molar refractivity (Wildman–Crippen MR) is 217 cm³/mol. The second-order valence-corrected chi connectivity index (χ2v) is 17.4. The van der Waals surface area contributed by atoms with E-state index in [-0.39, 0.29) is 6.71 Å². The molecule has 0 saturated carbocycles. The van der Waals surface area contributed by atoms with Crippen LogP contribution >= 0.6 is 7.49 Å². The molecule has 7 aromatic rings. The van der Waals surface area contributed by atoms with Gasteiger partial charge >= 0.3 is 303 Å². The minimum absolute atomic E-state index is 0.0608. The van der Waals surface area contributed by atoms with Crippen molar-refractivity contribution in [2.75, 3.05) is 0 Å². The Bertz CT molecular complexity index is 2350. The Morgan fingerprint density at radius 1 is 0.471 bits per heavy atom. The third-order valence-electron chi connectivity index (χ3n) is 11.6. The fourth-order valence-corrected chi connectivity index (χ4v) is 13.0. The molecule has 1 spiro atoms. The van der Waals surface area contributed by atoms with Crippen molar-refractivity contribution in [3.05, 3.63) is 202 Å². The van der Waals surface area contributed by atoms with Crippen LogP contribution < -0.4 is 37.0 Å². The van der Waals surface area contributed by atoms with Crippen LogP contribution in [0.3, 0.4) is 0 Å². The number of fused-ring (bicyclic) bond motifs is 8. The molecule has 4 heteroatoms. The van der Waals surface area contributed by atoms with E-state index in [0.717, 1.165) is 55.1 Å². The van der Waals surface area contributed by atoms with Gasteiger partial charge in [0.2, 0.25) is 0 Å². The molecule has 0 aliphatic carbocycles. The molecule has 0 atom stereocenters. The zero-order chi connectivity index (χ0) is 34.9. The maximum atomic E-state index is 13.3. The summed E-state index contributed by atoms with van der Waals surface area (Å²) in [6, 6.07) is 56.1. The molecule has 0 saturated heterocycles. The van der Waals surface area contributed by atoms with Crippen LogP contribution in [-0.4, -0.2) is 11.6 Å². The molecule has 2 nitrogen and oxygen atoms in total. The summed E-state index contributed by atoms with van der Waals surface area (Å²) in [5.41, 5.74) is 12.5. The predicted octanol–water partition coefficient (Wildman–Crippen LogP) is 7.17. The van der Waals surface area contributed by atoms with Gasteiger partial charge in [-0.15, -0.1) is 0 Å². The molecule has 0 radical (unpaired) electrons. The van der Waals surface area contributed by atoms with Gasteiger partial charge in [-0.2, -0.15) is 0 Å². The van der Waals surface area contributed by atoms with Gasteiger partial charge in [-0.1, -0.05) is 0 Å². The van der Waals surface area contributed by atoms with E-state index in [2.05, 4.69) is 167 Å². The average Bonchev–Trinajstić information content (AvgIpc) is 3.16. The Hall–Kier alpha value is -5.21. The molecule has 0 aromatic heterocycles. The van der Waals surface area contributed by atoms with Crippen LogP contribution in [0.4, 0.5) is 0 Å². The molecule has 9 rings (SSSR count). The van der Waals surface area contributed by atoms with Gasteiger partial charge in [-0.25, -0.2) is 0 Å². The van der Waals surface area contributed by atoms with Crippen LogP contribution in [0.25, 0.3) is 0 Å². The second-order valence-electron chi connectivity index (χ2n) is 14.3. The molecule has 0 bridgehead atoms. The van der Waals surface area contributed by atoms with Gasteiger partial charge in [0.25, 0.3) is 0 Å². The zero-order valence-electron chi connectivity index (χ0n) is 29.4. The molecular weight excluding hydrogens is 638 g/mol. The van der Waals surface area contributed by atoms with E-state index < -0.39 is 12.9 Å².